The first-order valence-electron chi connectivity index (χ1n) is 6.60. The lowest BCUT2D eigenvalue weighted by molar-refractivity contribution is -0.139. The number of amides is 2. The highest BCUT2D eigenvalue weighted by atomic mass is 16.4. The molecule has 0 atom stereocenters. The molecule has 1 aliphatic carbocycles. The Balaban J connectivity index is 2.04. The summed E-state index contributed by atoms with van der Waals surface area (Å²) in [5.74, 6) is -1.79. The second kappa shape index (κ2) is 4.40. The molecule has 20 heavy (non-hydrogen) atoms. The number of aliphatic carboxylic acids is 1. The zero-order valence-corrected chi connectivity index (χ0v) is 10.8. The number of carbonyl (C=O) groups excluding carboxylic acids is 2. The van der Waals surface area contributed by atoms with E-state index in [2.05, 4.69) is 4.98 Å². The lowest BCUT2D eigenvalue weighted by Gasteiger charge is -2.35. The number of hydrogen-bond donors (Lipinski definition) is 1. The van der Waals surface area contributed by atoms with Crippen LogP contribution in [0.5, 0.6) is 0 Å². The molecule has 1 saturated carbocycles. The molecule has 0 saturated heterocycles. The first kappa shape index (κ1) is 12.8. The van der Waals surface area contributed by atoms with Crippen LogP contribution in [-0.2, 0) is 4.79 Å². The summed E-state index contributed by atoms with van der Waals surface area (Å²) in [6.45, 7) is 0. The first-order valence-corrected chi connectivity index (χ1v) is 6.60. The SMILES string of the molecule is O=C(O)CC1(N2C(=O)c3ccncc3C2=O)CCCC1. The lowest BCUT2D eigenvalue weighted by Crippen LogP contribution is -2.51. The average molecular weight is 274 g/mol. The fraction of sp³-hybridized carbons (Fsp3) is 0.429. The smallest absolute Gasteiger partial charge is 0.305 e. The fourth-order valence-corrected chi connectivity index (χ4v) is 3.31. The predicted octanol–water partition coefficient (Wildman–Crippen LogP) is 1.47. The number of rotatable bonds is 3. The first-order chi connectivity index (χ1) is 9.55. The molecule has 0 spiro atoms. The number of carbonyl (C=O) groups is 3. The van der Waals surface area contributed by atoms with Crippen LogP contribution in [0.1, 0.15) is 52.8 Å². The number of aromatic nitrogens is 1. The van der Waals surface area contributed by atoms with Crippen LogP contribution < -0.4 is 0 Å². The molecule has 2 heterocycles. The van der Waals surface area contributed by atoms with E-state index < -0.39 is 23.3 Å². The van der Waals surface area contributed by atoms with Gasteiger partial charge in [0, 0.05) is 12.4 Å². The van der Waals surface area contributed by atoms with E-state index in [1.54, 1.807) is 0 Å². The summed E-state index contributed by atoms with van der Waals surface area (Å²) in [4.78, 5) is 41.1. The minimum Gasteiger partial charge on any atom is -0.481 e. The highest BCUT2D eigenvalue weighted by Crippen LogP contribution is 2.42. The third-order valence-electron chi connectivity index (χ3n) is 4.18. The van der Waals surface area contributed by atoms with Crippen molar-refractivity contribution in [3.8, 4) is 0 Å². The summed E-state index contributed by atoms with van der Waals surface area (Å²) in [6, 6.07) is 1.51. The van der Waals surface area contributed by atoms with Crippen LogP contribution in [0, 0.1) is 0 Å². The maximum Gasteiger partial charge on any atom is 0.305 e. The topological polar surface area (TPSA) is 87.6 Å². The van der Waals surface area contributed by atoms with Crippen molar-refractivity contribution in [2.75, 3.05) is 0 Å². The molecule has 1 aromatic rings. The highest BCUT2D eigenvalue weighted by Gasteiger charge is 2.51. The number of pyridine rings is 1. The Hall–Kier alpha value is -2.24. The van der Waals surface area contributed by atoms with E-state index in [1.165, 1.54) is 23.4 Å². The fourth-order valence-electron chi connectivity index (χ4n) is 3.31. The molecule has 0 bridgehead atoms. The van der Waals surface area contributed by atoms with Crippen LogP contribution in [0.2, 0.25) is 0 Å². The van der Waals surface area contributed by atoms with Gasteiger partial charge in [0.05, 0.1) is 23.1 Å². The molecule has 6 nitrogen and oxygen atoms in total. The summed E-state index contributed by atoms with van der Waals surface area (Å²) in [7, 11) is 0. The molecular weight excluding hydrogens is 260 g/mol. The third kappa shape index (κ3) is 1.71. The van der Waals surface area contributed by atoms with Gasteiger partial charge in [0.15, 0.2) is 0 Å². The molecule has 0 aromatic carbocycles. The van der Waals surface area contributed by atoms with Crippen LogP contribution in [-0.4, -0.2) is 38.3 Å². The molecule has 2 amide bonds. The minimum atomic E-state index is -0.985. The Morgan fingerprint density at radius 2 is 1.90 bits per heavy atom. The molecule has 6 heteroatoms. The van der Waals surface area contributed by atoms with Gasteiger partial charge >= 0.3 is 5.97 Å². The highest BCUT2D eigenvalue weighted by molar-refractivity contribution is 6.21. The van der Waals surface area contributed by atoms with Gasteiger partial charge in [0.1, 0.15) is 0 Å². The van der Waals surface area contributed by atoms with E-state index in [9.17, 15) is 14.4 Å². The van der Waals surface area contributed by atoms with Crippen molar-refractivity contribution in [3.63, 3.8) is 0 Å². The molecule has 3 rings (SSSR count). The van der Waals surface area contributed by atoms with E-state index in [4.69, 9.17) is 5.11 Å². The Morgan fingerprint density at radius 1 is 1.25 bits per heavy atom. The van der Waals surface area contributed by atoms with Crippen molar-refractivity contribution >= 4 is 17.8 Å². The molecule has 1 fully saturated rings. The van der Waals surface area contributed by atoms with Crippen molar-refractivity contribution in [1.29, 1.82) is 0 Å². The second-order valence-electron chi connectivity index (χ2n) is 5.37. The molecular formula is C14H14N2O4. The van der Waals surface area contributed by atoms with Gasteiger partial charge in [-0.2, -0.15) is 0 Å². The molecule has 0 unspecified atom stereocenters. The maximum atomic E-state index is 12.5. The normalized spacial score (nSPS) is 20.3. The Bertz CT molecular complexity index is 570. The molecule has 1 aromatic heterocycles. The maximum absolute atomic E-state index is 12.5. The summed E-state index contributed by atoms with van der Waals surface area (Å²) < 4.78 is 0. The average Bonchev–Trinajstić information content (AvgIpc) is 2.95. The van der Waals surface area contributed by atoms with Crippen LogP contribution in [0.4, 0.5) is 0 Å². The molecule has 1 N–H and O–H groups in total. The van der Waals surface area contributed by atoms with Crippen LogP contribution >= 0.6 is 0 Å². The van der Waals surface area contributed by atoms with Crippen molar-refractivity contribution in [3.05, 3.63) is 29.6 Å². The van der Waals surface area contributed by atoms with Crippen LogP contribution in [0.3, 0.4) is 0 Å². The molecule has 104 valence electrons. The monoisotopic (exact) mass is 274 g/mol. The van der Waals surface area contributed by atoms with Crippen molar-refractivity contribution < 1.29 is 19.5 Å². The van der Waals surface area contributed by atoms with Gasteiger partial charge < -0.3 is 5.11 Å². The van der Waals surface area contributed by atoms with Gasteiger partial charge in [-0.25, -0.2) is 0 Å². The number of imide groups is 1. The Kier molecular flexibility index (Phi) is 2.81. The summed E-state index contributed by atoms with van der Waals surface area (Å²) >= 11 is 0. The van der Waals surface area contributed by atoms with Gasteiger partial charge in [-0.3, -0.25) is 24.3 Å². The summed E-state index contributed by atoms with van der Waals surface area (Å²) in [6.07, 6.45) is 5.42. The zero-order valence-electron chi connectivity index (χ0n) is 10.8. The zero-order chi connectivity index (χ0) is 14.3. The summed E-state index contributed by atoms with van der Waals surface area (Å²) in [5.41, 5.74) is -0.283. The van der Waals surface area contributed by atoms with E-state index in [1.807, 2.05) is 0 Å². The minimum absolute atomic E-state index is 0.189. The van der Waals surface area contributed by atoms with Crippen molar-refractivity contribution in [2.24, 2.45) is 0 Å². The van der Waals surface area contributed by atoms with Crippen molar-refractivity contribution in [2.45, 2.75) is 37.6 Å². The quantitative estimate of drug-likeness (QED) is 0.843. The number of hydrogen-bond acceptors (Lipinski definition) is 4. The number of carboxylic acid groups (broad SMARTS) is 1. The largest absolute Gasteiger partial charge is 0.481 e. The predicted molar refractivity (Wildman–Crippen MR) is 68.2 cm³/mol. The molecule has 1 aliphatic heterocycles. The van der Waals surface area contributed by atoms with Gasteiger partial charge in [-0.15, -0.1) is 0 Å². The van der Waals surface area contributed by atoms with E-state index >= 15 is 0 Å². The van der Waals surface area contributed by atoms with E-state index in [0.29, 0.717) is 18.4 Å². The Morgan fingerprint density at radius 3 is 2.50 bits per heavy atom. The number of carboxylic acids is 1. The molecule has 2 aliphatic rings. The van der Waals surface area contributed by atoms with E-state index in [-0.39, 0.29) is 12.0 Å². The second-order valence-corrected chi connectivity index (χ2v) is 5.37. The number of nitrogens with zero attached hydrogens (tertiary/aromatic N) is 2. The van der Waals surface area contributed by atoms with Gasteiger partial charge in [0.25, 0.3) is 11.8 Å². The van der Waals surface area contributed by atoms with Crippen LogP contribution in [0.25, 0.3) is 0 Å². The van der Waals surface area contributed by atoms with Gasteiger partial charge in [-0.1, -0.05) is 12.8 Å². The van der Waals surface area contributed by atoms with Gasteiger partial charge in [-0.05, 0) is 18.9 Å². The standard InChI is InChI=1S/C14H14N2O4/c17-11(18)7-14(4-1-2-5-14)16-12(19)9-3-6-15-8-10(9)13(16)20/h3,6,8H,1-2,4-5,7H2,(H,17,18). The van der Waals surface area contributed by atoms with E-state index in [0.717, 1.165) is 12.8 Å². The summed E-state index contributed by atoms with van der Waals surface area (Å²) in [5, 5.41) is 9.13. The lowest BCUT2D eigenvalue weighted by atomic mass is 9.91. The van der Waals surface area contributed by atoms with Crippen molar-refractivity contribution in [1.82, 2.24) is 9.88 Å². The van der Waals surface area contributed by atoms with Gasteiger partial charge in [0.2, 0.25) is 0 Å². The van der Waals surface area contributed by atoms with Crippen LogP contribution in [0.15, 0.2) is 18.5 Å². The Labute approximate surface area is 115 Å². The number of fused-ring (bicyclic) bond motifs is 1. The third-order valence-corrected chi connectivity index (χ3v) is 4.18. The molecule has 0 radical (unpaired) electrons.